The van der Waals surface area contributed by atoms with Gasteiger partial charge in [-0.3, -0.25) is 9.59 Å². The molecule has 2 aliphatic heterocycles. The molecular formula is C19H23N3O4. The summed E-state index contributed by atoms with van der Waals surface area (Å²) in [5, 5.41) is 4.44. The van der Waals surface area contributed by atoms with Crippen LogP contribution in [0.25, 0.3) is 11.5 Å². The molecule has 2 fully saturated rings. The van der Waals surface area contributed by atoms with Gasteiger partial charge in [0, 0.05) is 32.3 Å². The Kier molecular flexibility index (Phi) is 4.88. The SMILES string of the molecule is O=C([C@@H]1CCCO1)N1CCC(Cn2nc(-c3ccco3)ccc2=O)CC1. The minimum Gasteiger partial charge on any atom is -0.463 e. The highest BCUT2D eigenvalue weighted by Gasteiger charge is 2.31. The van der Waals surface area contributed by atoms with Crippen LogP contribution < -0.4 is 5.56 Å². The molecule has 0 aromatic carbocycles. The maximum Gasteiger partial charge on any atom is 0.266 e. The first-order valence-corrected chi connectivity index (χ1v) is 9.23. The van der Waals surface area contributed by atoms with Crippen LogP contribution in [0, 0.1) is 5.92 Å². The van der Waals surface area contributed by atoms with Crippen molar-refractivity contribution in [2.24, 2.45) is 5.92 Å². The molecule has 7 nitrogen and oxygen atoms in total. The lowest BCUT2D eigenvalue weighted by Crippen LogP contribution is -2.44. The lowest BCUT2D eigenvalue weighted by Gasteiger charge is -2.33. The fraction of sp³-hybridized carbons (Fsp3) is 0.526. The average molecular weight is 357 g/mol. The number of amides is 1. The maximum absolute atomic E-state index is 12.4. The molecule has 4 rings (SSSR count). The zero-order chi connectivity index (χ0) is 17.9. The summed E-state index contributed by atoms with van der Waals surface area (Å²) in [7, 11) is 0. The summed E-state index contributed by atoms with van der Waals surface area (Å²) >= 11 is 0. The van der Waals surface area contributed by atoms with E-state index in [4.69, 9.17) is 9.15 Å². The van der Waals surface area contributed by atoms with E-state index in [0.717, 1.165) is 38.8 Å². The number of rotatable bonds is 4. The normalized spacial score (nSPS) is 21.2. The average Bonchev–Trinajstić information content (AvgIpc) is 3.38. The largest absolute Gasteiger partial charge is 0.463 e. The molecular weight excluding hydrogens is 334 g/mol. The van der Waals surface area contributed by atoms with Gasteiger partial charge in [0.15, 0.2) is 5.76 Å². The van der Waals surface area contributed by atoms with Crippen molar-refractivity contribution in [3.8, 4) is 11.5 Å². The fourth-order valence-electron chi connectivity index (χ4n) is 3.69. The molecule has 138 valence electrons. The summed E-state index contributed by atoms with van der Waals surface area (Å²) < 4.78 is 12.4. The van der Waals surface area contributed by atoms with Crippen molar-refractivity contribution in [3.63, 3.8) is 0 Å². The van der Waals surface area contributed by atoms with Crippen LogP contribution in [0.3, 0.4) is 0 Å². The van der Waals surface area contributed by atoms with Gasteiger partial charge in [-0.15, -0.1) is 0 Å². The first-order valence-electron chi connectivity index (χ1n) is 9.23. The number of carbonyl (C=O) groups is 1. The molecule has 26 heavy (non-hydrogen) atoms. The van der Waals surface area contributed by atoms with Gasteiger partial charge >= 0.3 is 0 Å². The molecule has 1 amide bonds. The summed E-state index contributed by atoms with van der Waals surface area (Å²) in [6.07, 6.45) is 4.88. The summed E-state index contributed by atoms with van der Waals surface area (Å²) in [6, 6.07) is 6.83. The third-order valence-electron chi connectivity index (χ3n) is 5.20. The monoisotopic (exact) mass is 357 g/mol. The summed E-state index contributed by atoms with van der Waals surface area (Å²) in [4.78, 5) is 26.5. The Balaban J connectivity index is 1.38. The standard InChI is InChI=1S/C19H23N3O4/c23-18-6-5-15(16-3-1-11-25-16)20-22(18)13-14-7-9-21(10-8-14)19(24)17-4-2-12-26-17/h1,3,5-6,11,14,17H,2,4,7-10,12-13H2/t17-/m0/s1. The molecule has 7 heteroatoms. The maximum atomic E-state index is 12.4. The van der Waals surface area contributed by atoms with Crippen molar-refractivity contribution in [1.82, 2.24) is 14.7 Å². The Morgan fingerprint density at radius 1 is 1.19 bits per heavy atom. The van der Waals surface area contributed by atoms with Crippen LogP contribution in [-0.2, 0) is 16.1 Å². The molecule has 2 aromatic heterocycles. The van der Waals surface area contributed by atoms with E-state index < -0.39 is 0 Å². The molecule has 2 aromatic rings. The number of nitrogens with zero attached hydrogens (tertiary/aromatic N) is 3. The van der Waals surface area contributed by atoms with E-state index in [0.29, 0.717) is 30.5 Å². The van der Waals surface area contributed by atoms with Gasteiger partial charge in [0.1, 0.15) is 11.8 Å². The first kappa shape index (κ1) is 17.0. The lowest BCUT2D eigenvalue weighted by molar-refractivity contribution is -0.142. The van der Waals surface area contributed by atoms with Crippen molar-refractivity contribution in [2.45, 2.75) is 38.3 Å². The number of piperidine rings is 1. The van der Waals surface area contributed by atoms with Gasteiger partial charge in [0.25, 0.3) is 11.5 Å². The van der Waals surface area contributed by atoms with E-state index in [2.05, 4.69) is 5.10 Å². The molecule has 0 N–H and O–H groups in total. The quantitative estimate of drug-likeness (QED) is 0.835. The zero-order valence-corrected chi connectivity index (χ0v) is 14.7. The van der Waals surface area contributed by atoms with Crippen molar-refractivity contribution in [2.75, 3.05) is 19.7 Å². The predicted octanol–water partition coefficient (Wildman–Crippen LogP) is 1.92. The minimum absolute atomic E-state index is 0.113. The Bertz CT molecular complexity index is 800. The summed E-state index contributed by atoms with van der Waals surface area (Å²) in [5.41, 5.74) is 0.541. The van der Waals surface area contributed by atoms with Gasteiger partial charge in [-0.05, 0) is 49.8 Å². The zero-order valence-electron chi connectivity index (χ0n) is 14.7. The Hall–Kier alpha value is -2.41. The number of hydrogen-bond donors (Lipinski definition) is 0. The number of ether oxygens (including phenoxy) is 1. The van der Waals surface area contributed by atoms with Gasteiger partial charge in [0.05, 0.1) is 6.26 Å². The second-order valence-corrected chi connectivity index (χ2v) is 6.99. The van der Waals surface area contributed by atoms with Crippen molar-refractivity contribution >= 4 is 5.91 Å². The number of furan rings is 1. The number of carbonyl (C=O) groups excluding carboxylic acids is 1. The van der Waals surface area contributed by atoms with Gasteiger partial charge in [-0.2, -0.15) is 5.10 Å². The van der Waals surface area contributed by atoms with Crippen LogP contribution in [-0.4, -0.2) is 46.4 Å². The van der Waals surface area contributed by atoms with E-state index in [9.17, 15) is 9.59 Å². The van der Waals surface area contributed by atoms with E-state index in [1.54, 1.807) is 18.4 Å². The van der Waals surface area contributed by atoms with Crippen LogP contribution >= 0.6 is 0 Å². The molecule has 4 heterocycles. The molecule has 0 aliphatic carbocycles. The van der Waals surface area contributed by atoms with Crippen LogP contribution in [0.4, 0.5) is 0 Å². The van der Waals surface area contributed by atoms with Crippen LogP contribution in [0.1, 0.15) is 25.7 Å². The van der Waals surface area contributed by atoms with E-state index in [1.165, 1.54) is 10.7 Å². The van der Waals surface area contributed by atoms with Gasteiger partial charge in [0.2, 0.25) is 0 Å². The van der Waals surface area contributed by atoms with Gasteiger partial charge in [-0.25, -0.2) is 4.68 Å². The molecule has 0 radical (unpaired) electrons. The Labute approximate surface area is 151 Å². The third-order valence-corrected chi connectivity index (χ3v) is 5.20. The molecule has 2 aliphatic rings. The van der Waals surface area contributed by atoms with Crippen LogP contribution in [0.5, 0.6) is 0 Å². The van der Waals surface area contributed by atoms with Crippen molar-refractivity contribution in [3.05, 3.63) is 40.9 Å². The smallest absolute Gasteiger partial charge is 0.266 e. The Morgan fingerprint density at radius 3 is 2.73 bits per heavy atom. The molecule has 0 bridgehead atoms. The summed E-state index contributed by atoms with van der Waals surface area (Å²) in [5.74, 6) is 1.10. The topological polar surface area (TPSA) is 77.6 Å². The number of aromatic nitrogens is 2. The van der Waals surface area contributed by atoms with Gasteiger partial charge in [-0.1, -0.05) is 0 Å². The highest BCUT2D eigenvalue weighted by atomic mass is 16.5. The second-order valence-electron chi connectivity index (χ2n) is 6.99. The van der Waals surface area contributed by atoms with Crippen molar-refractivity contribution in [1.29, 1.82) is 0 Å². The predicted molar refractivity (Wildman–Crippen MR) is 94.5 cm³/mol. The lowest BCUT2D eigenvalue weighted by atomic mass is 9.96. The molecule has 1 atom stereocenters. The molecule has 2 saturated heterocycles. The van der Waals surface area contributed by atoms with Crippen molar-refractivity contribution < 1.29 is 13.9 Å². The van der Waals surface area contributed by atoms with Gasteiger partial charge < -0.3 is 14.1 Å². The van der Waals surface area contributed by atoms with E-state index >= 15 is 0 Å². The third kappa shape index (κ3) is 3.58. The Morgan fingerprint density at radius 2 is 2.04 bits per heavy atom. The highest BCUT2D eigenvalue weighted by Crippen LogP contribution is 2.22. The number of hydrogen-bond acceptors (Lipinski definition) is 5. The molecule has 0 saturated carbocycles. The summed E-state index contributed by atoms with van der Waals surface area (Å²) in [6.45, 7) is 2.69. The minimum atomic E-state index is -0.249. The fourth-order valence-corrected chi connectivity index (χ4v) is 3.69. The first-order chi connectivity index (χ1) is 12.7. The highest BCUT2D eigenvalue weighted by molar-refractivity contribution is 5.81. The van der Waals surface area contributed by atoms with Crippen LogP contribution in [0.15, 0.2) is 39.7 Å². The van der Waals surface area contributed by atoms with E-state index in [1.807, 2.05) is 11.0 Å². The molecule has 0 unspecified atom stereocenters. The molecule has 0 spiro atoms. The van der Waals surface area contributed by atoms with E-state index in [-0.39, 0.29) is 17.6 Å². The number of likely N-dealkylation sites (tertiary alicyclic amines) is 1. The second kappa shape index (κ2) is 7.45. The van der Waals surface area contributed by atoms with Crippen LogP contribution in [0.2, 0.25) is 0 Å².